The van der Waals surface area contributed by atoms with Crippen LogP contribution in [0.15, 0.2) is 4.99 Å². The van der Waals surface area contributed by atoms with E-state index in [-0.39, 0.29) is 0 Å². The smallest absolute Gasteiger partial charge is 0.157 e. The average Bonchev–Trinajstić information content (AvgIpc) is 3.05. The molecule has 0 amide bonds. The van der Waals surface area contributed by atoms with Crippen LogP contribution >= 0.6 is 11.8 Å². The van der Waals surface area contributed by atoms with Gasteiger partial charge in [0.05, 0.1) is 0 Å². The second kappa shape index (κ2) is 5.07. The largest absolute Gasteiger partial charge is 0.359 e. The summed E-state index contributed by atoms with van der Waals surface area (Å²) in [5.41, 5.74) is 1.02. The number of amidine groups is 1. The lowest BCUT2D eigenvalue weighted by atomic mass is 9.83. The van der Waals surface area contributed by atoms with Crippen molar-refractivity contribution >= 4 is 16.9 Å². The van der Waals surface area contributed by atoms with Gasteiger partial charge in [-0.1, -0.05) is 44.4 Å². The molecule has 2 saturated carbocycles. The second-order valence-electron chi connectivity index (χ2n) is 6.63. The van der Waals surface area contributed by atoms with Crippen LogP contribution in [0.2, 0.25) is 0 Å². The first-order chi connectivity index (χ1) is 8.76. The number of nitrogens with one attached hydrogen (secondary N) is 1. The summed E-state index contributed by atoms with van der Waals surface area (Å²) in [5.74, 6) is 1.26. The van der Waals surface area contributed by atoms with E-state index in [4.69, 9.17) is 4.99 Å². The molecule has 0 aromatic heterocycles. The van der Waals surface area contributed by atoms with Crippen LogP contribution < -0.4 is 5.32 Å². The minimum atomic E-state index is 0.420. The Morgan fingerprint density at radius 1 is 1.17 bits per heavy atom. The fraction of sp³-hybridized carbons (Fsp3) is 0.933. The molecule has 1 heterocycles. The van der Waals surface area contributed by atoms with Crippen molar-refractivity contribution in [3.8, 4) is 0 Å². The third-order valence-corrected chi connectivity index (χ3v) is 6.16. The van der Waals surface area contributed by atoms with Crippen LogP contribution in [0.4, 0.5) is 0 Å². The van der Waals surface area contributed by atoms with Gasteiger partial charge in [0.1, 0.15) is 0 Å². The Labute approximate surface area is 115 Å². The first-order valence-corrected chi connectivity index (χ1v) is 8.70. The quantitative estimate of drug-likeness (QED) is 0.833. The molecule has 1 N–H and O–H groups in total. The fourth-order valence-corrected chi connectivity index (χ4v) is 4.74. The third-order valence-electron chi connectivity index (χ3n) is 4.96. The van der Waals surface area contributed by atoms with Gasteiger partial charge in [-0.15, -0.1) is 0 Å². The summed E-state index contributed by atoms with van der Waals surface area (Å²) in [5, 5.41) is 5.01. The Morgan fingerprint density at radius 3 is 2.61 bits per heavy atom. The third kappa shape index (κ3) is 2.71. The SMILES string of the molecule is CCCC1(CN=C2NC3(CCCCC3)CS2)CC1. The van der Waals surface area contributed by atoms with Crippen molar-refractivity contribution < 1.29 is 0 Å². The molecule has 3 heteroatoms. The monoisotopic (exact) mass is 266 g/mol. The molecule has 0 atom stereocenters. The molecule has 1 saturated heterocycles. The highest BCUT2D eigenvalue weighted by molar-refractivity contribution is 8.14. The lowest BCUT2D eigenvalue weighted by Crippen LogP contribution is -2.45. The van der Waals surface area contributed by atoms with Crippen LogP contribution in [0.25, 0.3) is 0 Å². The summed E-state index contributed by atoms with van der Waals surface area (Å²) in [6.45, 7) is 3.37. The van der Waals surface area contributed by atoms with Crippen LogP contribution in [-0.2, 0) is 0 Å². The van der Waals surface area contributed by atoms with Gasteiger partial charge in [-0.05, 0) is 37.5 Å². The molecule has 0 aromatic rings. The Morgan fingerprint density at radius 2 is 1.94 bits per heavy atom. The minimum absolute atomic E-state index is 0.420. The van der Waals surface area contributed by atoms with E-state index in [1.54, 1.807) is 0 Å². The lowest BCUT2D eigenvalue weighted by Gasteiger charge is -2.32. The van der Waals surface area contributed by atoms with Crippen molar-refractivity contribution in [1.82, 2.24) is 5.32 Å². The van der Waals surface area contributed by atoms with Gasteiger partial charge in [0.15, 0.2) is 5.17 Å². The Balaban J connectivity index is 1.55. The van der Waals surface area contributed by atoms with Crippen LogP contribution in [0.3, 0.4) is 0 Å². The summed E-state index contributed by atoms with van der Waals surface area (Å²) < 4.78 is 0. The van der Waals surface area contributed by atoms with E-state index in [0.717, 1.165) is 6.54 Å². The Bertz CT molecular complexity index is 327. The molecule has 0 unspecified atom stereocenters. The lowest BCUT2D eigenvalue weighted by molar-refractivity contribution is 0.303. The van der Waals surface area contributed by atoms with E-state index in [1.165, 1.54) is 68.7 Å². The van der Waals surface area contributed by atoms with Crippen LogP contribution in [-0.4, -0.2) is 23.0 Å². The fourth-order valence-electron chi connectivity index (χ4n) is 3.52. The number of thioether (sulfide) groups is 1. The van der Waals surface area contributed by atoms with E-state index in [0.29, 0.717) is 11.0 Å². The zero-order valence-corrected chi connectivity index (χ0v) is 12.5. The average molecular weight is 266 g/mol. The van der Waals surface area contributed by atoms with Gasteiger partial charge < -0.3 is 5.32 Å². The molecule has 0 aromatic carbocycles. The molecule has 1 spiro atoms. The van der Waals surface area contributed by atoms with Crippen LogP contribution in [0.1, 0.15) is 64.7 Å². The molecule has 18 heavy (non-hydrogen) atoms. The van der Waals surface area contributed by atoms with Gasteiger partial charge in [-0.2, -0.15) is 0 Å². The molecule has 102 valence electrons. The molecule has 0 bridgehead atoms. The van der Waals surface area contributed by atoms with Gasteiger partial charge in [0.25, 0.3) is 0 Å². The number of hydrogen-bond donors (Lipinski definition) is 1. The normalized spacial score (nSPS) is 30.6. The van der Waals surface area contributed by atoms with E-state index >= 15 is 0 Å². The molecule has 1 aliphatic heterocycles. The highest BCUT2D eigenvalue weighted by atomic mass is 32.2. The van der Waals surface area contributed by atoms with Crippen molar-refractivity contribution in [2.45, 2.75) is 70.3 Å². The van der Waals surface area contributed by atoms with Gasteiger partial charge in [0.2, 0.25) is 0 Å². The highest BCUT2D eigenvalue weighted by Gasteiger charge is 2.42. The number of rotatable bonds is 4. The second-order valence-corrected chi connectivity index (χ2v) is 7.59. The van der Waals surface area contributed by atoms with Crippen molar-refractivity contribution in [3.05, 3.63) is 0 Å². The summed E-state index contributed by atoms with van der Waals surface area (Å²) in [7, 11) is 0. The van der Waals surface area contributed by atoms with E-state index < -0.39 is 0 Å². The predicted octanol–water partition coefficient (Wildman–Crippen LogP) is 3.96. The zero-order valence-electron chi connectivity index (χ0n) is 11.6. The molecular formula is C15H26N2S. The summed E-state index contributed by atoms with van der Waals surface area (Å²) in [6.07, 6.45) is 12.5. The highest BCUT2D eigenvalue weighted by Crippen LogP contribution is 2.50. The standard InChI is InChI=1S/C15H26N2S/c1-2-6-14(9-10-14)11-16-13-17-15(12-18-13)7-4-3-5-8-15/h2-12H2,1H3,(H,16,17). The molecule has 3 fully saturated rings. The molecule has 0 radical (unpaired) electrons. The first-order valence-electron chi connectivity index (χ1n) is 7.71. The van der Waals surface area contributed by atoms with E-state index in [2.05, 4.69) is 12.2 Å². The molecule has 3 rings (SSSR count). The van der Waals surface area contributed by atoms with Gasteiger partial charge in [0, 0.05) is 17.8 Å². The topological polar surface area (TPSA) is 24.4 Å². The maximum atomic E-state index is 4.89. The van der Waals surface area contributed by atoms with Crippen LogP contribution in [0, 0.1) is 5.41 Å². The Kier molecular flexibility index (Phi) is 3.61. The van der Waals surface area contributed by atoms with E-state index in [9.17, 15) is 0 Å². The molecule has 2 nitrogen and oxygen atoms in total. The van der Waals surface area contributed by atoms with E-state index in [1.807, 2.05) is 11.8 Å². The van der Waals surface area contributed by atoms with Crippen molar-refractivity contribution in [3.63, 3.8) is 0 Å². The molecule has 2 aliphatic carbocycles. The minimum Gasteiger partial charge on any atom is -0.359 e. The maximum Gasteiger partial charge on any atom is 0.157 e. The van der Waals surface area contributed by atoms with Gasteiger partial charge in [-0.3, -0.25) is 4.99 Å². The first kappa shape index (κ1) is 12.8. The summed E-state index contributed by atoms with van der Waals surface area (Å²) in [4.78, 5) is 4.89. The number of nitrogens with zero attached hydrogens (tertiary/aromatic N) is 1. The van der Waals surface area contributed by atoms with Crippen LogP contribution in [0.5, 0.6) is 0 Å². The maximum absolute atomic E-state index is 4.89. The Hall–Kier alpha value is -0.180. The predicted molar refractivity (Wildman–Crippen MR) is 80.3 cm³/mol. The number of aliphatic imine (C=N–C) groups is 1. The van der Waals surface area contributed by atoms with Crippen molar-refractivity contribution in [1.29, 1.82) is 0 Å². The van der Waals surface area contributed by atoms with Gasteiger partial charge in [-0.25, -0.2) is 0 Å². The zero-order chi connectivity index (χ0) is 12.5. The summed E-state index contributed by atoms with van der Waals surface area (Å²) >= 11 is 1.97. The molecule has 3 aliphatic rings. The molecular weight excluding hydrogens is 240 g/mol. The van der Waals surface area contributed by atoms with Crippen molar-refractivity contribution in [2.75, 3.05) is 12.3 Å². The number of hydrogen-bond acceptors (Lipinski definition) is 2. The van der Waals surface area contributed by atoms with Gasteiger partial charge >= 0.3 is 0 Å². The van der Waals surface area contributed by atoms with Crippen molar-refractivity contribution in [2.24, 2.45) is 10.4 Å². The summed E-state index contributed by atoms with van der Waals surface area (Å²) in [6, 6.07) is 0.